The standard InChI is InChI=1S/C16H13F3N2O2/c17-9-1-2-13(18)12(5-9)15-6-10(22)8-21(15)16(23)11-3-4-20-7-14(11)19/h1-5,7,10,15,22H,6,8H2/t10-,15-/m0/s1. The summed E-state index contributed by atoms with van der Waals surface area (Å²) in [6, 6.07) is 3.27. The minimum Gasteiger partial charge on any atom is -0.391 e. The molecule has 1 aliphatic rings. The van der Waals surface area contributed by atoms with Crippen molar-refractivity contribution >= 4 is 5.91 Å². The van der Waals surface area contributed by atoms with Crippen molar-refractivity contribution in [3.63, 3.8) is 0 Å². The van der Waals surface area contributed by atoms with Crippen molar-refractivity contribution in [2.24, 2.45) is 0 Å². The summed E-state index contributed by atoms with van der Waals surface area (Å²) in [5.41, 5.74) is -0.264. The van der Waals surface area contributed by atoms with E-state index in [0.717, 1.165) is 29.3 Å². The lowest BCUT2D eigenvalue weighted by Crippen LogP contribution is -2.32. The van der Waals surface area contributed by atoms with Crippen LogP contribution in [0.25, 0.3) is 0 Å². The SMILES string of the molecule is O=C(c1ccncc1F)N1C[C@@H](O)C[C@H]1c1cc(F)ccc1F. The zero-order valence-corrected chi connectivity index (χ0v) is 11.9. The maximum absolute atomic E-state index is 14.0. The lowest BCUT2D eigenvalue weighted by molar-refractivity contribution is 0.0709. The van der Waals surface area contributed by atoms with Crippen LogP contribution in [0.4, 0.5) is 13.2 Å². The number of hydrogen-bond donors (Lipinski definition) is 1. The van der Waals surface area contributed by atoms with Crippen LogP contribution in [-0.4, -0.2) is 33.5 Å². The first kappa shape index (κ1) is 15.5. The fraction of sp³-hybridized carbons (Fsp3) is 0.250. The number of aromatic nitrogens is 1. The van der Waals surface area contributed by atoms with Crippen LogP contribution in [0.15, 0.2) is 36.7 Å². The van der Waals surface area contributed by atoms with Crippen molar-refractivity contribution in [2.45, 2.75) is 18.6 Å². The van der Waals surface area contributed by atoms with E-state index in [0.29, 0.717) is 0 Å². The lowest BCUT2D eigenvalue weighted by atomic mass is 10.0. The molecule has 4 nitrogen and oxygen atoms in total. The van der Waals surface area contributed by atoms with E-state index in [1.165, 1.54) is 12.3 Å². The summed E-state index contributed by atoms with van der Waals surface area (Å²) in [4.78, 5) is 17.2. The number of carbonyl (C=O) groups is 1. The summed E-state index contributed by atoms with van der Waals surface area (Å²) in [6.07, 6.45) is 1.33. The smallest absolute Gasteiger partial charge is 0.257 e. The lowest BCUT2D eigenvalue weighted by Gasteiger charge is -2.25. The Bertz CT molecular complexity index is 754. The van der Waals surface area contributed by atoms with Crippen LogP contribution in [0.1, 0.15) is 28.4 Å². The Hall–Kier alpha value is -2.41. The normalized spacial score (nSPS) is 20.8. The second-order valence-electron chi connectivity index (χ2n) is 5.38. The molecule has 2 aromatic rings. The largest absolute Gasteiger partial charge is 0.391 e. The molecule has 23 heavy (non-hydrogen) atoms. The molecule has 1 N–H and O–H groups in total. The molecule has 1 aromatic heterocycles. The van der Waals surface area contributed by atoms with E-state index in [-0.39, 0.29) is 24.1 Å². The minimum atomic E-state index is -0.892. The van der Waals surface area contributed by atoms with Crippen LogP contribution in [-0.2, 0) is 0 Å². The van der Waals surface area contributed by atoms with Gasteiger partial charge >= 0.3 is 0 Å². The highest BCUT2D eigenvalue weighted by atomic mass is 19.1. The van der Waals surface area contributed by atoms with Crippen molar-refractivity contribution < 1.29 is 23.1 Å². The third-order valence-corrected chi connectivity index (χ3v) is 3.86. The number of nitrogens with zero attached hydrogens (tertiary/aromatic N) is 2. The molecular weight excluding hydrogens is 309 g/mol. The van der Waals surface area contributed by atoms with E-state index in [1.54, 1.807) is 0 Å². The molecular formula is C16H13F3N2O2. The van der Waals surface area contributed by atoms with E-state index in [1.807, 2.05) is 0 Å². The summed E-state index contributed by atoms with van der Waals surface area (Å²) in [5, 5.41) is 9.84. The molecule has 2 heterocycles. The van der Waals surface area contributed by atoms with Crippen molar-refractivity contribution in [1.29, 1.82) is 0 Å². The van der Waals surface area contributed by atoms with E-state index < -0.39 is 35.5 Å². The van der Waals surface area contributed by atoms with Gasteiger partial charge in [-0.05, 0) is 30.7 Å². The molecule has 3 rings (SSSR count). The van der Waals surface area contributed by atoms with E-state index in [2.05, 4.69) is 4.98 Å². The Balaban J connectivity index is 1.99. The highest BCUT2D eigenvalue weighted by Crippen LogP contribution is 2.35. The van der Waals surface area contributed by atoms with Gasteiger partial charge < -0.3 is 10.0 Å². The van der Waals surface area contributed by atoms with Gasteiger partial charge in [0.05, 0.1) is 23.9 Å². The molecule has 2 atom stereocenters. The Labute approximate surface area is 130 Å². The highest BCUT2D eigenvalue weighted by molar-refractivity contribution is 5.94. The number of β-amino-alcohol motifs (C(OH)–C–C–N with tert-alkyl or cyclic N) is 1. The topological polar surface area (TPSA) is 53.4 Å². The van der Waals surface area contributed by atoms with Crippen LogP contribution in [0, 0.1) is 17.5 Å². The van der Waals surface area contributed by atoms with Crippen molar-refractivity contribution in [3.05, 3.63) is 65.2 Å². The number of amides is 1. The monoisotopic (exact) mass is 322 g/mol. The van der Waals surface area contributed by atoms with Crippen LogP contribution < -0.4 is 0 Å². The molecule has 0 spiro atoms. The zero-order valence-electron chi connectivity index (χ0n) is 11.9. The van der Waals surface area contributed by atoms with Gasteiger partial charge in [0.25, 0.3) is 5.91 Å². The number of pyridine rings is 1. The molecule has 0 bridgehead atoms. The van der Waals surface area contributed by atoms with Gasteiger partial charge in [-0.25, -0.2) is 13.2 Å². The van der Waals surface area contributed by atoms with Crippen LogP contribution in [0.3, 0.4) is 0 Å². The van der Waals surface area contributed by atoms with Gasteiger partial charge in [0.1, 0.15) is 11.6 Å². The summed E-state index contributed by atoms with van der Waals surface area (Å²) in [7, 11) is 0. The number of rotatable bonds is 2. The predicted octanol–water partition coefficient (Wildman–Crippen LogP) is 2.45. The first-order valence-electron chi connectivity index (χ1n) is 7.01. The Kier molecular flexibility index (Phi) is 4.04. The molecule has 1 aliphatic heterocycles. The van der Waals surface area contributed by atoms with Crippen LogP contribution in [0.2, 0.25) is 0 Å². The molecule has 1 aromatic carbocycles. The summed E-state index contributed by atoms with van der Waals surface area (Å²) < 4.78 is 41.2. The highest BCUT2D eigenvalue weighted by Gasteiger charge is 2.38. The summed E-state index contributed by atoms with van der Waals surface area (Å²) in [5.74, 6) is -2.84. The number of benzene rings is 1. The number of likely N-dealkylation sites (tertiary alicyclic amines) is 1. The van der Waals surface area contributed by atoms with Gasteiger partial charge in [-0.3, -0.25) is 9.78 Å². The van der Waals surface area contributed by atoms with Crippen LogP contribution >= 0.6 is 0 Å². The Morgan fingerprint density at radius 3 is 2.74 bits per heavy atom. The Morgan fingerprint density at radius 1 is 1.22 bits per heavy atom. The first-order valence-corrected chi connectivity index (χ1v) is 7.01. The fourth-order valence-electron chi connectivity index (χ4n) is 2.81. The van der Waals surface area contributed by atoms with E-state index in [4.69, 9.17) is 0 Å². The van der Waals surface area contributed by atoms with Gasteiger partial charge in [-0.1, -0.05) is 0 Å². The molecule has 0 radical (unpaired) electrons. The third kappa shape index (κ3) is 2.92. The van der Waals surface area contributed by atoms with Gasteiger partial charge in [0.2, 0.25) is 0 Å². The number of aliphatic hydroxyl groups excluding tert-OH is 1. The average molecular weight is 322 g/mol. The number of aliphatic hydroxyl groups is 1. The fourth-order valence-corrected chi connectivity index (χ4v) is 2.81. The van der Waals surface area contributed by atoms with Gasteiger partial charge in [-0.2, -0.15) is 0 Å². The maximum Gasteiger partial charge on any atom is 0.257 e. The molecule has 0 aliphatic carbocycles. The second-order valence-corrected chi connectivity index (χ2v) is 5.38. The second kappa shape index (κ2) is 6.00. The zero-order chi connectivity index (χ0) is 16.6. The van der Waals surface area contributed by atoms with E-state index >= 15 is 0 Å². The van der Waals surface area contributed by atoms with Gasteiger partial charge in [0, 0.05) is 18.3 Å². The molecule has 1 saturated heterocycles. The van der Waals surface area contributed by atoms with Gasteiger partial charge in [-0.15, -0.1) is 0 Å². The number of carbonyl (C=O) groups excluding carboxylic acids is 1. The molecule has 0 saturated carbocycles. The first-order chi connectivity index (χ1) is 11.0. The molecule has 7 heteroatoms. The van der Waals surface area contributed by atoms with Gasteiger partial charge in [0.15, 0.2) is 5.82 Å². The van der Waals surface area contributed by atoms with Crippen molar-refractivity contribution in [2.75, 3.05) is 6.54 Å². The molecule has 0 unspecified atom stereocenters. The summed E-state index contributed by atoms with van der Waals surface area (Å²) in [6.45, 7) is -0.0821. The Morgan fingerprint density at radius 2 is 2.00 bits per heavy atom. The predicted molar refractivity (Wildman–Crippen MR) is 75.0 cm³/mol. The van der Waals surface area contributed by atoms with Crippen molar-refractivity contribution in [3.8, 4) is 0 Å². The van der Waals surface area contributed by atoms with Crippen LogP contribution in [0.5, 0.6) is 0 Å². The quantitative estimate of drug-likeness (QED) is 0.924. The molecule has 1 amide bonds. The summed E-state index contributed by atoms with van der Waals surface area (Å²) >= 11 is 0. The third-order valence-electron chi connectivity index (χ3n) is 3.86. The maximum atomic E-state index is 14.0. The van der Waals surface area contributed by atoms with E-state index in [9.17, 15) is 23.1 Å². The molecule has 120 valence electrons. The number of hydrogen-bond acceptors (Lipinski definition) is 3. The number of halogens is 3. The molecule has 1 fully saturated rings. The average Bonchev–Trinajstić information content (AvgIpc) is 2.91. The minimum absolute atomic E-state index is 0.0376. The van der Waals surface area contributed by atoms with Crippen molar-refractivity contribution in [1.82, 2.24) is 9.88 Å².